The first kappa shape index (κ1) is 15.0. The summed E-state index contributed by atoms with van der Waals surface area (Å²) in [4.78, 5) is 16.1. The zero-order valence-electron chi connectivity index (χ0n) is 10.4. The number of hydrogen-bond donors (Lipinski definition) is 2. The van der Waals surface area contributed by atoms with Crippen molar-refractivity contribution in [1.29, 1.82) is 0 Å². The average Bonchev–Trinajstić information content (AvgIpc) is 2.35. The van der Waals surface area contributed by atoms with Crippen LogP contribution in [0.15, 0.2) is 35.2 Å². The van der Waals surface area contributed by atoms with Crippen molar-refractivity contribution in [2.24, 2.45) is 0 Å². The van der Waals surface area contributed by atoms with Crippen molar-refractivity contribution in [1.82, 2.24) is 4.98 Å². The Bertz CT molecular complexity index is 645. The quantitative estimate of drug-likeness (QED) is 0.808. The number of carboxylic acid groups (broad SMARTS) is 1. The van der Waals surface area contributed by atoms with E-state index in [2.05, 4.69) is 9.71 Å². The van der Waals surface area contributed by atoms with Crippen LogP contribution in [-0.4, -0.2) is 16.1 Å². The summed E-state index contributed by atoms with van der Waals surface area (Å²) < 4.78 is 2.91. The van der Waals surface area contributed by atoms with Gasteiger partial charge in [0, 0.05) is 20.6 Å². The van der Waals surface area contributed by atoms with Gasteiger partial charge in [0.15, 0.2) is 5.82 Å². The molecule has 1 heterocycles. The van der Waals surface area contributed by atoms with Crippen molar-refractivity contribution >= 4 is 46.9 Å². The number of rotatable bonds is 4. The molecule has 0 bridgehead atoms. The number of hydrogen-bond acceptors (Lipinski definition) is 4. The molecule has 0 amide bonds. The summed E-state index contributed by atoms with van der Waals surface area (Å²) >= 11 is 13.0. The van der Waals surface area contributed by atoms with Crippen LogP contribution in [0.5, 0.6) is 0 Å². The molecule has 2 N–H and O–H groups in total. The number of pyridine rings is 1. The molecule has 20 heavy (non-hydrogen) atoms. The van der Waals surface area contributed by atoms with Crippen molar-refractivity contribution in [2.75, 3.05) is 4.72 Å². The van der Waals surface area contributed by atoms with Gasteiger partial charge in [0.25, 0.3) is 0 Å². The molecule has 2 rings (SSSR count). The number of aromatic nitrogens is 1. The number of aromatic carboxylic acids is 1. The number of aryl methyl sites for hydroxylation is 1. The molecule has 1 aromatic heterocycles. The van der Waals surface area contributed by atoms with Gasteiger partial charge in [0.2, 0.25) is 0 Å². The number of halogens is 2. The van der Waals surface area contributed by atoms with Crippen molar-refractivity contribution < 1.29 is 9.90 Å². The molecule has 2 aromatic rings. The number of benzene rings is 1. The van der Waals surface area contributed by atoms with Crippen molar-refractivity contribution in [3.8, 4) is 0 Å². The largest absolute Gasteiger partial charge is 0.478 e. The first-order chi connectivity index (χ1) is 9.45. The van der Waals surface area contributed by atoms with E-state index >= 15 is 0 Å². The molecule has 0 unspecified atom stereocenters. The lowest BCUT2D eigenvalue weighted by Crippen LogP contribution is -2.04. The van der Waals surface area contributed by atoms with Crippen LogP contribution in [0.2, 0.25) is 10.0 Å². The van der Waals surface area contributed by atoms with E-state index in [0.29, 0.717) is 15.9 Å². The van der Waals surface area contributed by atoms with Gasteiger partial charge in [-0.05, 0) is 49.2 Å². The molecule has 1 aromatic carbocycles. The minimum atomic E-state index is -1.04. The summed E-state index contributed by atoms with van der Waals surface area (Å²) in [7, 11) is 0. The van der Waals surface area contributed by atoms with Gasteiger partial charge in [-0.2, -0.15) is 0 Å². The van der Waals surface area contributed by atoms with E-state index in [9.17, 15) is 4.79 Å². The average molecular weight is 329 g/mol. The summed E-state index contributed by atoms with van der Waals surface area (Å²) in [5.74, 6) is -0.747. The highest BCUT2D eigenvalue weighted by Gasteiger charge is 2.12. The maximum Gasteiger partial charge on any atom is 0.339 e. The minimum Gasteiger partial charge on any atom is -0.478 e. The molecule has 0 radical (unpaired) electrons. The van der Waals surface area contributed by atoms with E-state index in [4.69, 9.17) is 28.3 Å². The molecule has 0 aliphatic carbocycles. The van der Waals surface area contributed by atoms with Crippen LogP contribution in [0, 0.1) is 6.92 Å². The number of anilines is 1. The van der Waals surface area contributed by atoms with Gasteiger partial charge in [0.1, 0.15) is 5.56 Å². The zero-order valence-corrected chi connectivity index (χ0v) is 12.7. The lowest BCUT2D eigenvalue weighted by Gasteiger charge is -2.09. The van der Waals surface area contributed by atoms with Crippen LogP contribution in [-0.2, 0) is 0 Å². The van der Waals surface area contributed by atoms with E-state index in [1.54, 1.807) is 31.2 Å². The van der Waals surface area contributed by atoms with Crippen LogP contribution in [0.3, 0.4) is 0 Å². The van der Waals surface area contributed by atoms with Gasteiger partial charge in [0.05, 0.1) is 0 Å². The lowest BCUT2D eigenvalue weighted by molar-refractivity contribution is 0.0697. The molecule has 0 aliphatic rings. The Labute approximate surface area is 130 Å². The fraction of sp³-hybridized carbons (Fsp3) is 0.0769. The molecule has 0 saturated heterocycles. The monoisotopic (exact) mass is 328 g/mol. The van der Waals surface area contributed by atoms with Crippen molar-refractivity contribution in [3.63, 3.8) is 0 Å². The molecule has 0 fully saturated rings. The van der Waals surface area contributed by atoms with E-state index in [1.807, 2.05) is 0 Å². The van der Waals surface area contributed by atoms with Crippen LogP contribution in [0.1, 0.15) is 16.1 Å². The third kappa shape index (κ3) is 3.79. The maximum absolute atomic E-state index is 11.1. The lowest BCUT2D eigenvalue weighted by atomic mass is 10.2. The normalized spacial score (nSPS) is 10.3. The minimum absolute atomic E-state index is 0.108. The first-order valence-corrected chi connectivity index (χ1v) is 7.13. The second-order valence-electron chi connectivity index (χ2n) is 3.96. The molecular formula is C13H10Cl2N2O2S. The molecule has 0 spiro atoms. The highest BCUT2D eigenvalue weighted by Crippen LogP contribution is 2.28. The van der Waals surface area contributed by atoms with Gasteiger partial charge in [-0.15, -0.1) is 0 Å². The Morgan fingerprint density at radius 2 is 1.90 bits per heavy atom. The van der Waals surface area contributed by atoms with E-state index < -0.39 is 5.97 Å². The molecule has 104 valence electrons. The third-order valence-corrected chi connectivity index (χ3v) is 3.57. The van der Waals surface area contributed by atoms with Gasteiger partial charge in [-0.3, -0.25) is 0 Å². The van der Waals surface area contributed by atoms with E-state index in [1.165, 1.54) is 18.0 Å². The van der Waals surface area contributed by atoms with Gasteiger partial charge < -0.3 is 9.83 Å². The second kappa shape index (κ2) is 6.35. The van der Waals surface area contributed by atoms with Gasteiger partial charge in [-0.25, -0.2) is 9.78 Å². The number of nitrogens with zero attached hydrogens (tertiary/aromatic N) is 1. The predicted octanol–water partition coefficient (Wildman–Crippen LogP) is 4.51. The Balaban J connectivity index is 2.22. The van der Waals surface area contributed by atoms with E-state index in [-0.39, 0.29) is 5.56 Å². The van der Waals surface area contributed by atoms with Crippen molar-refractivity contribution in [2.45, 2.75) is 11.8 Å². The fourth-order valence-corrected chi connectivity index (χ4v) is 2.90. The smallest absolute Gasteiger partial charge is 0.339 e. The Morgan fingerprint density at radius 1 is 1.25 bits per heavy atom. The second-order valence-corrected chi connectivity index (χ2v) is 5.72. The van der Waals surface area contributed by atoms with Crippen LogP contribution in [0.25, 0.3) is 0 Å². The summed E-state index contributed by atoms with van der Waals surface area (Å²) in [5.41, 5.74) is 0.832. The summed E-state index contributed by atoms with van der Waals surface area (Å²) in [6, 6.07) is 8.23. The van der Waals surface area contributed by atoms with Crippen molar-refractivity contribution in [3.05, 3.63) is 51.6 Å². The SMILES string of the molecule is Cc1ccc(C(=O)O)c(NSc2cc(Cl)cc(Cl)c2)n1. The summed E-state index contributed by atoms with van der Waals surface area (Å²) in [6.45, 7) is 1.79. The highest BCUT2D eigenvalue weighted by atomic mass is 35.5. The Kier molecular flexibility index (Phi) is 4.75. The maximum atomic E-state index is 11.1. The number of carboxylic acids is 1. The van der Waals surface area contributed by atoms with Gasteiger partial charge in [-0.1, -0.05) is 23.2 Å². The molecular weight excluding hydrogens is 319 g/mol. The van der Waals surface area contributed by atoms with Crippen LogP contribution < -0.4 is 4.72 Å². The molecule has 0 saturated carbocycles. The first-order valence-electron chi connectivity index (χ1n) is 5.55. The van der Waals surface area contributed by atoms with E-state index in [0.717, 1.165) is 10.6 Å². The van der Waals surface area contributed by atoms with Gasteiger partial charge >= 0.3 is 5.97 Å². The molecule has 0 atom stereocenters. The standard InChI is InChI=1S/C13H10Cl2N2O2S/c1-7-2-3-11(13(18)19)12(16-7)17-20-10-5-8(14)4-9(15)6-10/h2-6H,1H3,(H,16,17)(H,18,19). The number of carbonyl (C=O) groups is 1. The molecule has 4 nitrogen and oxygen atoms in total. The van der Waals surface area contributed by atoms with Crippen LogP contribution in [0.4, 0.5) is 5.82 Å². The summed E-state index contributed by atoms with van der Waals surface area (Å²) in [6.07, 6.45) is 0. The third-order valence-electron chi connectivity index (χ3n) is 2.37. The predicted molar refractivity (Wildman–Crippen MR) is 81.9 cm³/mol. The molecule has 0 aliphatic heterocycles. The highest BCUT2D eigenvalue weighted by molar-refractivity contribution is 8.00. The zero-order chi connectivity index (χ0) is 14.7. The van der Waals surface area contributed by atoms with Crippen LogP contribution >= 0.6 is 35.1 Å². The Morgan fingerprint density at radius 3 is 2.50 bits per heavy atom. The molecule has 7 heteroatoms. The Hall–Kier alpha value is -1.43. The fourth-order valence-electron chi connectivity index (χ4n) is 1.50. The summed E-state index contributed by atoms with van der Waals surface area (Å²) in [5, 5.41) is 10.1. The topological polar surface area (TPSA) is 62.2 Å². The number of nitrogens with one attached hydrogen (secondary N) is 1.